The van der Waals surface area contributed by atoms with E-state index in [1.165, 1.54) is 0 Å². The molecule has 0 amide bonds. The Morgan fingerprint density at radius 1 is 1.20 bits per heavy atom. The van der Waals surface area contributed by atoms with E-state index < -0.39 is 6.10 Å². The van der Waals surface area contributed by atoms with Crippen LogP contribution in [0, 0.1) is 5.92 Å². The Morgan fingerprint density at radius 2 is 2.04 bits per heavy atom. The molecular weight excluding hydrogens is 307 g/mol. The Hall–Kier alpha value is -2.17. The van der Waals surface area contributed by atoms with E-state index in [4.69, 9.17) is 12.8 Å². The molecule has 0 spiro atoms. The van der Waals surface area contributed by atoms with Crippen LogP contribution in [0.25, 0.3) is 0 Å². The van der Waals surface area contributed by atoms with E-state index in [-0.39, 0.29) is 12.0 Å². The predicted molar refractivity (Wildman–Crippen MR) is 103 cm³/mol. The largest absolute Gasteiger partial charge is 0.387 e. The molecule has 0 saturated carbocycles. The summed E-state index contributed by atoms with van der Waals surface area (Å²) in [4.78, 5) is 4.84. The van der Waals surface area contributed by atoms with Crippen LogP contribution in [-0.2, 0) is 0 Å². The number of benzene rings is 1. The van der Waals surface area contributed by atoms with Gasteiger partial charge in [-0.05, 0) is 37.1 Å². The molecule has 1 unspecified atom stereocenters. The molecule has 4 heteroatoms. The fourth-order valence-electron chi connectivity index (χ4n) is 3.63. The lowest BCUT2D eigenvalue weighted by Gasteiger charge is -2.33. The summed E-state index contributed by atoms with van der Waals surface area (Å²) in [6.07, 6.45) is 13.8. The van der Waals surface area contributed by atoms with Gasteiger partial charge in [0.15, 0.2) is 0 Å². The highest BCUT2D eigenvalue weighted by Gasteiger charge is 2.32. The lowest BCUT2D eigenvalue weighted by molar-refractivity contribution is 0.168. The van der Waals surface area contributed by atoms with Crippen LogP contribution in [0.3, 0.4) is 0 Å². The summed E-state index contributed by atoms with van der Waals surface area (Å²) in [5.41, 5.74) is 4.68. The minimum absolute atomic E-state index is 0.0436. The first-order valence-corrected chi connectivity index (χ1v) is 8.83. The zero-order valence-corrected chi connectivity index (χ0v) is 14.1. The Labute approximate surface area is 150 Å². The summed E-state index contributed by atoms with van der Waals surface area (Å²) in [5, 5.41) is 14.4. The third kappa shape index (κ3) is 3.32. The molecule has 3 nitrogen and oxygen atoms in total. The second kappa shape index (κ2) is 6.99. The van der Waals surface area contributed by atoms with Gasteiger partial charge in [0.25, 0.3) is 0 Å². The van der Waals surface area contributed by atoms with E-state index in [1.807, 2.05) is 30.3 Å². The normalized spacial score (nSPS) is 26.4. The maximum Gasteiger partial charge on any atom is 0.113 e. The second-order valence-corrected chi connectivity index (χ2v) is 6.71. The zero-order valence-electron chi connectivity index (χ0n) is 14.1. The van der Waals surface area contributed by atoms with Gasteiger partial charge in [-0.25, -0.2) is 0 Å². The van der Waals surface area contributed by atoms with Crippen molar-refractivity contribution >= 4 is 19.0 Å². The fourth-order valence-corrected chi connectivity index (χ4v) is 3.63. The van der Waals surface area contributed by atoms with Gasteiger partial charge < -0.3 is 10.4 Å². The average molecular weight is 328 g/mol. The van der Waals surface area contributed by atoms with Gasteiger partial charge in [-0.2, -0.15) is 0 Å². The molecule has 3 aliphatic rings. The molecule has 3 atom stereocenters. The lowest BCUT2D eigenvalue weighted by atomic mass is 9.80. The van der Waals surface area contributed by atoms with Gasteiger partial charge in [0.1, 0.15) is 7.85 Å². The molecule has 4 rings (SSSR count). The molecule has 1 aromatic rings. The molecule has 2 N–H and O–H groups in total. The quantitative estimate of drug-likeness (QED) is 0.658. The predicted octanol–water partition coefficient (Wildman–Crippen LogP) is 1.95. The van der Waals surface area contributed by atoms with E-state index in [2.05, 4.69) is 35.7 Å². The minimum Gasteiger partial charge on any atom is -0.387 e. The van der Waals surface area contributed by atoms with Crippen molar-refractivity contribution in [2.75, 3.05) is 6.54 Å². The SMILES string of the molecule is [B]c1ccc(C2=NC3=CC=CCC3C([C@@H](O)[C@H]3C=CCCN3)=C2)cc1. The summed E-state index contributed by atoms with van der Waals surface area (Å²) >= 11 is 0. The molecule has 0 saturated heterocycles. The number of allylic oxidation sites excluding steroid dienone is 5. The Kier molecular flexibility index (Phi) is 4.56. The van der Waals surface area contributed by atoms with Crippen LogP contribution in [0.4, 0.5) is 0 Å². The first-order valence-electron chi connectivity index (χ1n) is 8.83. The van der Waals surface area contributed by atoms with Gasteiger partial charge in [0.2, 0.25) is 0 Å². The highest BCUT2D eigenvalue weighted by Crippen LogP contribution is 2.35. The monoisotopic (exact) mass is 328 g/mol. The van der Waals surface area contributed by atoms with Crippen molar-refractivity contribution in [1.82, 2.24) is 5.32 Å². The summed E-state index contributed by atoms with van der Waals surface area (Å²) < 4.78 is 0. The molecule has 25 heavy (non-hydrogen) atoms. The fraction of sp³-hybridized carbons (Fsp3) is 0.286. The standard InChI is InChI=1S/C21H21BN2O/c22-15-10-8-14(9-11-15)20-13-17(16-5-1-2-6-18(16)24-20)21(25)19-7-3-4-12-23-19/h1-3,6-11,13,16,19,21,23,25H,4-5,12H2/t16?,19-,21-/m1/s1. The van der Waals surface area contributed by atoms with E-state index >= 15 is 0 Å². The Morgan fingerprint density at radius 3 is 2.80 bits per heavy atom. The molecule has 2 heterocycles. The zero-order chi connectivity index (χ0) is 17.2. The molecule has 0 fully saturated rings. The van der Waals surface area contributed by atoms with Crippen molar-refractivity contribution in [3.05, 3.63) is 77.6 Å². The van der Waals surface area contributed by atoms with Crippen LogP contribution in [0.1, 0.15) is 18.4 Å². The summed E-state index contributed by atoms with van der Waals surface area (Å²) in [6.45, 7) is 0.900. The third-order valence-electron chi connectivity index (χ3n) is 5.01. The molecule has 2 radical (unpaired) electrons. The van der Waals surface area contributed by atoms with Gasteiger partial charge >= 0.3 is 0 Å². The van der Waals surface area contributed by atoms with Crippen molar-refractivity contribution in [1.29, 1.82) is 0 Å². The number of rotatable bonds is 3. The molecule has 124 valence electrons. The number of aliphatic hydroxyl groups is 1. The van der Waals surface area contributed by atoms with Crippen molar-refractivity contribution < 1.29 is 5.11 Å². The van der Waals surface area contributed by atoms with Crippen LogP contribution in [0.15, 0.2) is 77.0 Å². The number of hydrogen-bond acceptors (Lipinski definition) is 3. The van der Waals surface area contributed by atoms with Crippen molar-refractivity contribution in [3.8, 4) is 0 Å². The van der Waals surface area contributed by atoms with Gasteiger partial charge in [-0.1, -0.05) is 54.0 Å². The number of aliphatic imine (C=N–C) groups is 1. The second-order valence-electron chi connectivity index (χ2n) is 6.71. The van der Waals surface area contributed by atoms with Gasteiger partial charge in [0, 0.05) is 17.2 Å². The molecule has 2 aliphatic heterocycles. The average Bonchev–Trinajstić information content (AvgIpc) is 2.68. The Bertz CT molecular complexity index is 802. The van der Waals surface area contributed by atoms with Crippen LogP contribution in [0.5, 0.6) is 0 Å². The summed E-state index contributed by atoms with van der Waals surface area (Å²) in [5.74, 6) is 0.148. The number of hydrogen-bond donors (Lipinski definition) is 2. The van der Waals surface area contributed by atoms with Gasteiger partial charge in [-0.3, -0.25) is 4.99 Å². The van der Waals surface area contributed by atoms with Crippen LogP contribution in [0.2, 0.25) is 0 Å². The maximum atomic E-state index is 11.0. The van der Waals surface area contributed by atoms with Crippen molar-refractivity contribution in [2.24, 2.45) is 10.9 Å². The Balaban J connectivity index is 1.72. The third-order valence-corrected chi connectivity index (χ3v) is 5.01. The number of nitrogens with zero attached hydrogens (tertiary/aromatic N) is 1. The number of nitrogens with one attached hydrogen (secondary N) is 1. The van der Waals surface area contributed by atoms with Crippen molar-refractivity contribution in [2.45, 2.75) is 25.0 Å². The molecule has 1 aromatic carbocycles. The first kappa shape index (κ1) is 16.3. The van der Waals surface area contributed by atoms with E-state index in [1.54, 1.807) is 0 Å². The maximum absolute atomic E-state index is 11.0. The van der Waals surface area contributed by atoms with Crippen LogP contribution >= 0.6 is 0 Å². The van der Waals surface area contributed by atoms with E-state index in [9.17, 15) is 5.11 Å². The van der Waals surface area contributed by atoms with E-state index in [0.29, 0.717) is 0 Å². The number of aliphatic hydroxyl groups excluding tert-OH is 1. The topological polar surface area (TPSA) is 44.6 Å². The van der Waals surface area contributed by atoms with Gasteiger partial charge in [-0.15, -0.1) is 0 Å². The van der Waals surface area contributed by atoms with Crippen molar-refractivity contribution in [3.63, 3.8) is 0 Å². The molecule has 0 bridgehead atoms. The van der Waals surface area contributed by atoms with Crippen LogP contribution < -0.4 is 10.8 Å². The van der Waals surface area contributed by atoms with E-state index in [0.717, 1.165) is 47.4 Å². The highest BCUT2D eigenvalue weighted by molar-refractivity contribution is 6.32. The highest BCUT2D eigenvalue weighted by atomic mass is 16.3. The minimum atomic E-state index is -0.560. The summed E-state index contributed by atoms with van der Waals surface area (Å²) in [7, 11) is 5.80. The number of fused-ring (bicyclic) bond motifs is 1. The molecule has 0 aromatic heterocycles. The first-order chi connectivity index (χ1) is 12.2. The number of dihydropyridines is 1. The smallest absolute Gasteiger partial charge is 0.113 e. The lowest BCUT2D eigenvalue weighted by Crippen LogP contribution is -2.43. The summed E-state index contributed by atoms with van der Waals surface area (Å²) in [6, 6.07) is 7.68. The van der Waals surface area contributed by atoms with Gasteiger partial charge in [0.05, 0.1) is 17.9 Å². The van der Waals surface area contributed by atoms with Crippen LogP contribution in [-0.4, -0.2) is 37.4 Å². The molecular formula is C21H21BN2O. The molecule has 1 aliphatic carbocycles.